The number of hydrogen-bond acceptors (Lipinski definition) is 6. The number of thiophene rings is 1. The van der Waals surface area contributed by atoms with E-state index in [1.165, 1.54) is 30.4 Å². The average molecular weight is 368 g/mol. The largest absolute Gasteiger partial charge is 0.414 e. The minimum absolute atomic E-state index is 0.0239. The summed E-state index contributed by atoms with van der Waals surface area (Å²) in [5, 5.41) is 3.80. The van der Waals surface area contributed by atoms with E-state index < -0.39 is 0 Å². The Kier molecular flexibility index (Phi) is 4.24. The van der Waals surface area contributed by atoms with Crippen molar-refractivity contribution in [3.05, 3.63) is 28.6 Å². The van der Waals surface area contributed by atoms with Crippen molar-refractivity contribution >= 4 is 28.8 Å². The van der Waals surface area contributed by atoms with E-state index in [1.807, 2.05) is 0 Å². The Morgan fingerprint density at radius 3 is 2.92 bits per heavy atom. The number of amides is 1. The van der Waals surface area contributed by atoms with Crippen LogP contribution in [-0.4, -0.2) is 41.0 Å². The molecule has 2 bridgehead atoms. The summed E-state index contributed by atoms with van der Waals surface area (Å²) in [6.07, 6.45) is 3.73. The number of nitrogens with zero attached hydrogens (tertiary/aromatic N) is 2. The number of oxazole rings is 1. The van der Waals surface area contributed by atoms with E-state index in [4.69, 9.17) is 20.8 Å². The Morgan fingerprint density at radius 1 is 1.46 bits per heavy atom. The normalized spacial score (nSPS) is 28.8. The Labute approximate surface area is 148 Å². The lowest BCUT2D eigenvalue weighted by Gasteiger charge is -2.49. The highest BCUT2D eigenvalue weighted by Gasteiger charge is 2.40. The highest BCUT2D eigenvalue weighted by atomic mass is 35.5. The minimum Gasteiger partial charge on any atom is -0.414 e. The number of nitrogens with one attached hydrogen (secondary N) is 1. The van der Waals surface area contributed by atoms with Gasteiger partial charge in [0, 0.05) is 12.1 Å². The maximum Gasteiger partial charge on any atom is 0.312 e. The maximum atomic E-state index is 12.6. The quantitative estimate of drug-likeness (QED) is 0.897. The fraction of sp³-hybridized carbons (Fsp3) is 0.500. The van der Waals surface area contributed by atoms with Crippen LogP contribution in [0.3, 0.4) is 0 Å². The van der Waals surface area contributed by atoms with Crippen molar-refractivity contribution in [1.82, 2.24) is 15.2 Å². The van der Waals surface area contributed by atoms with Crippen LogP contribution in [-0.2, 0) is 0 Å². The fourth-order valence-corrected chi connectivity index (χ4v) is 4.54. The number of carbonyl (C=O) groups is 1. The van der Waals surface area contributed by atoms with Gasteiger partial charge in [0.2, 0.25) is 0 Å². The standard InChI is InChI=1S/C16H18ClN3O3S/c1-9-14(10-4-6-20(9)7-5-10)19-15(21)11-2-3-13(24-11)22-12-8-18-16(17)23-12/h2-3,8-10,14H,4-7H2,1H3,(H,19,21)/t9-,14-/m0/s1. The number of aromatic nitrogens is 1. The van der Waals surface area contributed by atoms with E-state index in [-0.39, 0.29) is 23.2 Å². The molecule has 24 heavy (non-hydrogen) atoms. The van der Waals surface area contributed by atoms with Gasteiger partial charge in [-0.05, 0) is 62.5 Å². The van der Waals surface area contributed by atoms with Crippen molar-refractivity contribution in [2.75, 3.05) is 13.1 Å². The third kappa shape index (κ3) is 3.03. The molecule has 1 N–H and O–H groups in total. The predicted molar refractivity (Wildman–Crippen MR) is 90.9 cm³/mol. The van der Waals surface area contributed by atoms with Crippen LogP contribution in [0, 0.1) is 5.92 Å². The third-order valence-electron chi connectivity index (χ3n) is 4.94. The molecule has 0 spiro atoms. The van der Waals surface area contributed by atoms with Crippen LogP contribution >= 0.6 is 22.9 Å². The van der Waals surface area contributed by atoms with Crippen molar-refractivity contribution in [3.63, 3.8) is 0 Å². The van der Waals surface area contributed by atoms with Crippen LogP contribution in [0.25, 0.3) is 0 Å². The van der Waals surface area contributed by atoms with Crippen LogP contribution < -0.4 is 10.1 Å². The molecular formula is C16H18ClN3O3S. The van der Waals surface area contributed by atoms with Gasteiger partial charge in [0.1, 0.15) is 6.20 Å². The molecule has 128 valence electrons. The molecule has 0 aromatic carbocycles. The maximum absolute atomic E-state index is 12.6. The molecule has 5 rings (SSSR count). The van der Waals surface area contributed by atoms with Gasteiger partial charge in [-0.3, -0.25) is 9.69 Å². The number of halogens is 1. The molecule has 0 saturated carbocycles. The Balaban J connectivity index is 1.41. The second-order valence-electron chi connectivity index (χ2n) is 6.27. The van der Waals surface area contributed by atoms with Crippen molar-refractivity contribution in [1.29, 1.82) is 0 Å². The molecule has 2 aromatic heterocycles. The molecule has 3 fully saturated rings. The molecule has 1 amide bonds. The van der Waals surface area contributed by atoms with E-state index in [0.717, 1.165) is 13.1 Å². The number of hydrogen-bond donors (Lipinski definition) is 1. The molecule has 8 heteroatoms. The Bertz CT molecular complexity index is 737. The van der Waals surface area contributed by atoms with Gasteiger partial charge in [0.15, 0.2) is 5.06 Å². The lowest BCUT2D eigenvalue weighted by Crippen LogP contribution is -2.62. The molecule has 0 aliphatic carbocycles. The van der Waals surface area contributed by atoms with Crippen molar-refractivity contribution in [2.45, 2.75) is 31.8 Å². The number of rotatable bonds is 4. The summed E-state index contributed by atoms with van der Waals surface area (Å²) in [4.78, 5) is 19.4. The van der Waals surface area contributed by atoms with Gasteiger partial charge in [0.25, 0.3) is 11.3 Å². The summed E-state index contributed by atoms with van der Waals surface area (Å²) in [6, 6.07) is 4.13. The first-order chi connectivity index (χ1) is 11.6. The molecule has 2 aromatic rings. The highest BCUT2D eigenvalue weighted by molar-refractivity contribution is 7.15. The number of piperidine rings is 3. The molecule has 5 heterocycles. The lowest BCUT2D eigenvalue weighted by molar-refractivity contribution is 0.0218. The zero-order valence-electron chi connectivity index (χ0n) is 13.2. The van der Waals surface area contributed by atoms with E-state index in [2.05, 4.69) is 22.1 Å². The summed E-state index contributed by atoms with van der Waals surface area (Å²) < 4.78 is 10.6. The first kappa shape index (κ1) is 15.9. The predicted octanol–water partition coefficient (Wildman–Crippen LogP) is 3.39. The summed E-state index contributed by atoms with van der Waals surface area (Å²) in [5.74, 6) is 0.747. The number of ether oxygens (including phenoxy) is 1. The zero-order chi connectivity index (χ0) is 16.7. The summed E-state index contributed by atoms with van der Waals surface area (Å²) in [6.45, 7) is 4.50. The van der Waals surface area contributed by atoms with Crippen LogP contribution in [0.4, 0.5) is 0 Å². The van der Waals surface area contributed by atoms with Crippen molar-refractivity contribution in [2.24, 2.45) is 5.92 Å². The third-order valence-corrected chi connectivity index (χ3v) is 6.07. The fourth-order valence-electron chi connectivity index (χ4n) is 3.65. The first-order valence-electron chi connectivity index (χ1n) is 8.04. The van der Waals surface area contributed by atoms with Gasteiger partial charge in [0.05, 0.1) is 4.88 Å². The molecule has 6 nitrogen and oxygen atoms in total. The molecule has 3 aliphatic heterocycles. The van der Waals surface area contributed by atoms with E-state index in [9.17, 15) is 4.79 Å². The topological polar surface area (TPSA) is 67.6 Å². The van der Waals surface area contributed by atoms with Crippen molar-refractivity contribution < 1.29 is 13.9 Å². The van der Waals surface area contributed by atoms with Crippen LogP contribution in [0.1, 0.15) is 29.4 Å². The smallest absolute Gasteiger partial charge is 0.312 e. The van der Waals surface area contributed by atoms with Gasteiger partial charge < -0.3 is 14.5 Å². The van der Waals surface area contributed by atoms with Gasteiger partial charge >= 0.3 is 5.95 Å². The van der Waals surface area contributed by atoms with E-state index >= 15 is 0 Å². The van der Waals surface area contributed by atoms with Crippen molar-refractivity contribution in [3.8, 4) is 11.0 Å². The first-order valence-corrected chi connectivity index (χ1v) is 9.23. The van der Waals surface area contributed by atoms with Crippen LogP contribution in [0.2, 0.25) is 5.35 Å². The molecule has 3 saturated heterocycles. The van der Waals surface area contributed by atoms with Gasteiger partial charge in [-0.2, -0.15) is 0 Å². The SMILES string of the molecule is C[C@H]1[C@H](NC(=O)c2ccc(Oc3cnc(Cl)o3)s2)C2CCN1CC2. The van der Waals surface area contributed by atoms with Gasteiger partial charge in [-0.25, -0.2) is 4.98 Å². The number of carbonyl (C=O) groups excluding carboxylic acids is 1. The second kappa shape index (κ2) is 6.38. The summed E-state index contributed by atoms with van der Waals surface area (Å²) in [7, 11) is 0. The van der Waals surface area contributed by atoms with Gasteiger partial charge in [-0.1, -0.05) is 11.3 Å². The van der Waals surface area contributed by atoms with Crippen LogP contribution in [0.5, 0.6) is 11.0 Å². The molecule has 0 unspecified atom stereocenters. The molecule has 3 aliphatic rings. The Morgan fingerprint density at radius 2 is 2.25 bits per heavy atom. The summed E-state index contributed by atoms with van der Waals surface area (Å²) >= 11 is 6.89. The monoisotopic (exact) mass is 367 g/mol. The lowest BCUT2D eigenvalue weighted by atomic mass is 9.79. The second-order valence-corrected chi connectivity index (χ2v) is 7.64. The number of fused-ring (bicyclic) bond motifs is 3. The minimum atomic E-state index is -0.0453. The molecular weight excluding hydrogens is 350 g/mol. The van der Waals surface area contributed by atoms with Crippen LogP contribution in [0.15, 0.2) is 22.7 Å². The average Bonchev–Trinajstić information content (AvgIpc) is 3.21. The highest BCUT2D eigenvalue weighted by Crippen LogP contribution is 2.34. The van der Waals surface area contributed by atoms with Gasteiger partial charge in [-0.15, -0.1) is 0 Å². The van der Waals surface area contributed by atoms with E-state index in [1.54, 1.807) is 12.1 Å². The molecule has 0 radical (unpaired) electrons. The summed E-state index contributed by atoms with van der Waals surface area (Å²) in [5.41, 5.74) is 0. The Hall–Kier alpha value is -1.57. The molecule has 2 atom stereocenters. The zero-order valence-corrected chi connectivity index (χ0v) is 14.8. The van der Waals surface area contributed by atoms with E-state index in [0.29, 0.717) is 21.9 Å².